The largest absolute Gasteiger partial charge is 0.325 e. The molecule has 2 aromatic carbocycles. The topological polar surface area (TPSA) is 55.1 Å². The van der Waals surface area contributed by atoms with Crippen molar-refractivity contribution < 1.29 is 4.79 Å². The quantitative estimate of drug-likeness (QED) is 0.880. The summed E-state index contributed by atoms with van der Waals surface area (Å²) in [5.74, 6) is -0.160. The molecule has 3 heteroatoms. The normalized spacial score (nSPS) is 11.9. The van der Waals surface area contributed by atoms with Crippen LogP contribution >= 0.6 is 0 Å². The molecule has 0 unspecified atom stereocenters. The van der Waals surface area contributed by atoms with Crippen molar-refractivity contribution in [2.75, 3.05) is 5.32 Å². The van der Waals surface area contributed by atoms with Gasteiger partial charge in [0.15, 0.2) is 0 Å². The number of benzene rings is 2. The van der Waals surface area contributed by atoms with Crippen molar-refractivity contribution in [3.63, 3.8) is 0 Å². The van der Waals surface area contributed by atoms with E-state index in [-0.39, 0.29) is 5.91 Å². The molecular weight excluding hydrogens is 236 g/mol. The molecule has 0 aromatic heterocycles. The molecule has 19 heavy (non-hydrogen) atoms. The predicted molar refractivity (Wildman–Crippen MR) is 77.9 cm³/mol. The van der Waals surface area contributed by atoms with Gasteiger partial charge in [-0.05, 0) is 31.0 Å². The van der Waals surface area contributed by atoms with Gasteiger partial charge in [-0.2, -0.15) is 0 Å². The molecule has 2 rings (SSSR count). The van der Waals surface area contributed by atoms with Crippen molar-refractivity contribution in [2.24, 2.45) is 5.73 Å². The molecule has 0 spiro atoms. The van der Waals surface area contributed by atoms with Gasteiger partial charge in [-0.3, -0.25) is 4.79 Å². The van der Waals surface area contributed by atoms with E-state index >= 15 is 0 Å². The number of anilines is 1. The smallest absolute Gasteiger partial charge is 0.241 e. The van der Waals surface area contributed by atoms with Crippen LogP contribution in [0.5, 0.6) is 0 Å². The first-order valence-electron chi connectivity index (χ1n) is 6.32. The zero-order chi connectivity index (χ0) is 13.7. The zero-order valence-electron chi connectivity index (χ0n) is 11.0. The number of amides is 1. The van der Waals surface area contributed by atoms with E-state index in [4.69, 9.17) is 5.73 Å². The highest BCUT2D eigenvalue weighted by atomic mass is 16.2. The van der Waals surface area contributed by atoms with E-state index in [2.05, 4.69) is 5.32 Å². The van der Waals surface area contributed by atoms with Gasteiger partial charge >= 0.3 is 0 Å². The maximum absolute atomic E-state index is 12.0. The van der Waals surface area contributed by atoms with Crippen molar-refractivity contribution in [3.05, 3.63) is 65.7 Å². The average molecular weight is 254 g/mol. The highest BCUT2D eigenvalue weighted by Gasteiger charge is 2.13. The second-order valence-electron chi connectivity index (χ2n) is 4.65. The fourth-order valence-electron chi connectivity index (χ4n) is 1.83. The summed E-state index contributed by atoms with van der Waals surface area (Å²) in [5, 5.41) is 2.83. The number of carbonyl (C=O) groups excluding carboxylic acids is 1. The van der Waals surface area contributed by atoms with Gasteiger partial charge in [0, 0.05) is 5.69 Å². The Kier molecular flexibility index (Phi) is 4.31. The Morgan fingerprint density at radius 3 is 2.37 bits per heavy atom. The van der Waals surface area contributed by atoms with Gasteiger partial charge in [0.1, 0.15) is 0 Å². The van der Waals surface area contributed by atoms with Crippen LogP contribution in [0.4, 0.5) is 5.69 Å². The lowest BCUT2D eigenvalue weighted by Crippen LogP contribution is -2.37. The van der Waals surface area contributed by atoms with E-state index in [1.807, 2.05) is 61.5 Å². The second-order valence-corrected chi connectivity index (χ2v) is 4.65. The van der Waals surface area contributed by atoms with Crippen LogP contribution in [0.1, 0.15) is 11.1 Å². The molecule has 0 fully saturated rings. The Labute approximate surface area is 113 Å². The molecular formula is C16H18N2O. The number of rotatable bonds is 4. The summed E-state index contributed by atoms with van der Waals surface area (Å²) in [4.78, 5) is 12.0. The van der Waals surface area contributed by atoms with Crippen molar-refractivity contribution >= 4 is 11.6 Å². The second kappa shape index (κ2) is 6.16. The van der Waals surface area contributed by atoms with Crippen LogP contribution in [0.2, 0.25) is 0 Å². The number of nitrogens with two attached hydrogens (primary N) is 1. The lowest BCUT2D eigenvalue weighted by molar-refractivity contribution is -0.117. The lowest BCUT2D eigenvalue weighted by atomic mass is 10.1. The molecule has 1 amide bonds. The van der Waals surface area contributed by atoms with Crippen LogP contribution in [0.15, 0.2) is 54.6 Å². The molecule has 3 N–H and O–H groups in total. The summed E-state index contributed by atoms with van der Waals surface area (Å²) in [7, 11) is 0. The van der Waals surface area contributed by atoms with Gasteiger partial charge in [-0.1, -0.05) is 48.0 Å². The number of aryl methyl sites for hydroxylation is 1. The summed E-state index contributed by atoms with van der Waals surface area (Å²) < 4.78 is 0. The number of hydrogen-bond donors (Lipinski definition) is 2. The number of carbonyl (C=O) groups is 1. The highest BCUT2D eigenvalue weighted by Crippen LogP contribution is 2.09. The Balaban J connectivity index is 1.94. The summed E-state index contributed by atoms with van der Waals surface area (Å²) in [6, 6.07) is 16.9. The van der Waals surface area contributed by atoms with Gasteiger partial charge in [-0.25, -0.2) is 0 Å². The first-order valence-corrected chi connectivity index (χ1v) is 6.32. The molecule has 0 bridgehead atoms. The molecule has 1 atom stereocenters. The first kappa shape index (κ1) is 13.3. The van der Waals surface area contributed by atoms with E-state index in [9.17, 15) is 4.79 Å². The van der Waals surface area contributed by atoms with E-state index in [1.54, 1.807) is 0 Å². The highest BCUT2D eigenvalue weighted by molar-refractivity contribution is 5.94. The lowest BCUT2D eigenvalue weighted by Gasteiger charge is -2.12. The standard InChI is InChI=1S/C16H18N2O/c1-12-7-9-14(10-8-12)18-16(19)15(17)11-13-5-3-2-4-6-13/h2-10,15H,11,17H2,1H3,(H,18,19)/t15-/m1/s1. The number of nitrogens with one attached hydrogen (secondary N) is 1. The molecule has 3 nitrogen and oxygen atoms in total. The Morgan fingerprint density at radius 2 is 1.74 bits per heavy atom. The summed E-state index contributed by atoms with van der Waals surface area (Å²) >= 11 is 0. The minimum absolute atomic E-state index is 0.160. The van der Waals surface area contributed by atoms with E-state index < -0.39 is 6.04 Å². The van der Waals surface area contributed by atoms with Crippen molar-refractivity contribution in [2.45, 2.75) is 19.4 Å². The van der Waals surface area contributed by atoms with Gasteiger partial charge in [0.25, 0.3) is 0 Å². The van der Waals surface area contributed by atoms with Crippen molar-refractivity contribution in [1.82, 2.24) is 0 Å². The molecule has 0 saturated heterocycles. The first-order chi connectivity index (χ1) is 9.15. The van der Waals surface area contributed by atoms with E-state index in [0.717, 1.165) is 16.8 Å². The Morgan fingerprint density at radius 1 is 1.11 bits per heavy atom. The van der Waals surface area contributed by atoms with Crippen LogP contribution in [0.3, 0.4) is 0 Å². The van der Waals surface area contributed by atoms with Crippen molar-refractivity contribution in [1.29, 1.82) is 0 Å². The van der Waals surface area contributed by atoms with Gasteiger partial charge in [-0.15, -0.1) is 0 Å². The van der Waals surface area contributed by atoms with Gasteiger partial charge in [0.05, 0.1) is 6.04 Å². The minimum atomic E-state index is -0.538. The molecule has 0 radical (unpaired) electrons. The van der Waals surface area contributed by atoms with E-state index in [0.29, 0.717) is 6.42 Å². The van der Waals surface area contributed by atoms with E-state index in [1.165, 1.54) is 0 Å². The molecule has 0 aliphatic rings. The SMILES string of the molecule is Cc1ccc(NC(=O)[C@H](N)Cc2ccccc2)cc1. The van der Waals surface area contributed by atoms with Crippen LogP contribution in [0.25, 0.3) is 0 Å². The monoisotopic (exact) mass is 254 g/mol. The Bertz CT molecular complexity index is 534. The third kappa shape index (κ3) is 3.93. The maximum Gasteiger partial charge on any atom is 0.241 e. The molecule has 0 heterocycles. The maximum atomic E-state index is 12.0. The molecule has 0 aliphatic carbocycles. The van der Waals surface area contributed by atoms with Crippen molar-refractivity contribution in [3.8, 4) is 0 Å². The van der Waals surface area contributed by atoms with Crippen LogP contribution in [-0.4, -0.2) is 11.9 Å². The molecule has 0 aliphatic heterocycles. The van der Waals surface area contributed by atoms with Crippen LogP contribution < -0.4 is 11.1 Å². The third-order valence-corrected chi connectivity index (χ3v) is 2.95. The summed E-state index contributed by atoms with van der Waals surface area (Å²) in [6.07, 6.45) is 0.540. The summed E-state index contributed by atoms with van der Waals surface area (Å²) in [5.41, 5.74) is 8.91. The fourth-order valence-corrected chi connectivity index (χ4v) is 1.83. The van der Waals surface area contributed by atoms with Gasteiger partial charge in [0.2, 0.25) is 5.91 Å². The van der Waals surface area contributed by atoms with Crippen LogP contribution in [-0.2, 0) is 11.2 Å². The molecule has 0 saturated carbocycles. The number of hydrogen-bond acceptors (Lipinski definition) is 2. The average Bonchev–Trinajstić information content (AvgIpc) is 2.42. The predicted octanol–water partition coefficient (Wildman–Crippen LogP) is 2.50. The minimum Gasteiger partial charge on any atom is -0.325 e. The fraction of sp³-hybridized carbons (Fsp3) is 0.188. The van der Waals surface area contributed by atoms with Crippen LogP contribution in [0, 0.1) is 6.92 Å². The zero-order valence-corrected chi connectivity index (χ0v) is 11.0. The third-order valence-electron chi connectivity index (χ3n) is 2.95. The molecule has 2 aromatic rings. The summed E-state index contributed by atoms with van der Waals surface area (Å²) in [6.45, 7) is 2.01. The van der Waals surface area contributed by atoms with Gasteiger partial charge < -0.3 is 11.1 Å². The Hall–Kier alpha value is -2.13. The molecule has 98 valence electrons.